The SMILES string of the molecule is CB(O)C(C)(C)C.CC(C)(C)B1OC(C)(C)C(C)(C)O1.CC1(C)COB(C(C)(C)C)OC1. The fraction of sp³-hybridized carbons (Fsp3) is 1.00. The van der Waals surface area contributed by atoms with Gasteiger partial charge in [0.1, 0.15) is 0 Å². The van der Waals surface area contributed by atoms with Gasteiger partial charge < -0.3 is 23.6 Å². The van der Waals surface area contributed by atoms with Crippen LogP contribution in [0.25, 0.3) is 0 Å². The topological polar surface area (TPSA) is 57.2 Å². The summed E-state index contributed by atoms with van der Waals surface area (Å²) in [6.45, 7) is 34.7. The summed E-state index contributed by atoms with van der Waals surface area (Å²) in [4.78, 5) is 0. The molecular formula is C24H53B3O5. The minimum atomic E-state index is -0.203. The number of hydrogen-bond acceptors (Lipinski definition) is 5. The lowest BCUT2D eigenvalue weighted by atomic mass is 9.50. The smallest absolute Gasteiger partial charge is 0.450 e. The first-order chi connectivity index (χ1) is 13.8. The summed E-state index contributed by atoms with van der Waals surface area (Å²) in [5.74, 6) is 0. The van der Waals surface area contributed by atoms with Crippen molar-refractivity contribution in [3.05, 3.63) is 0 Å². The van der Waals surface area contributed by atoms with E-state index in [0.29, 0.717) is 0 Å². The molecule has 0 aromatic heterocycles. The van der Waals surface area contributed by atoms with Crippen LogP contribution in [-0.4, -0.2) is 50.6 Å². The maximum Gasteiger partial charge on any atom is 0.463 e. The Morgan fingerprint density at radius 3 is 1.12 bits per heavy atom. The molecule has 2 saturated heterocycles. The highest BCUT2D eigenvalue weighted by Crippen LogP contribution is 2.44. The molecule has 2 rings (SSSR count). The van der Waals surface area contributed by atoms with E-state index in [1.807, 2.05) is 20.8 Å². The van der Waals surface area contributed by atoms with Crippen LogP contribution in [0.5, 0.6) is 0 Å². The van der Waals surface area contributed by atoms with Crippen molar-refractivity contribution >= 4 is 21.2 Å². The maximum absolute atomic E-state index is 8.89. The van der Waals surface area contributed by atoms with E-state index in [4.69, 9.17) is 23.6 Å². The molecule has 5 nitrogen and oxygen atoms in total. The van der Waals surface area contributed by atoms with Crippen LogP contribution in [0.2, 0.25) is 22.8 Å². The molecule has 32 heavy (non-hydrogen) atoms. The second-order valence-corrected chi connectivity index (χ2v) is 14.5. The van der Waals surface area contributed by atoms with Crippen molar-refractivity contribution in [3.8, 4) is 0 Å². The Kier molecular flexibility index (Phi) is 10.7. The summed E-state index contributed by atoms with van der Waals surface area (Å²) in [6.07, 6.45) is 0. The Hall–Kier alpha value is -0.00519. The van der Waals surface area contributed by atoms with E-state index in [1.54, 1.807) is 6.82 Å². The molecular weight excluding hydrogens is 401 g/mol. The lowest BCUT2D eigenvalue weighted by Crippen LogP contribution is -2.45. The zero-order valence-electron chi connectivity index (χ0n) is 24.2. The first kappa shape index (κ1) is 32.0. The van der Waals surface area contributed by atoms with Crippen LogP contribution in [0.4, 0.5) is 0 Å². The van der Waals surface area contributed by atoms with Gasteiger partial charge in [0, 0.05) is 18.6 Å². The standard InChI is InChI=1S/C10H21BO2.C9H19BO2.C5H13BO/c1-8(2,3)11-12-9(4,5)10(6,7)13-11;1-8(2,3)10-11-6-9(4,5)7-12-10;1-5(2,3)6(4)7/h1-7H3;6-7H2,1-5H3;7H,1-4H3. The van der Waals surface area contributed by atoms with Crippen molar-refractivity contribution in [3.63, 3.8) is 0 Å². The van der Waals surface area contributed by atoms with Crippen LogP contribution in [0.15, 0.2) is 0 Å². The second-order valence-electron chi connectivity index (χ2n) is 14.5. The van der Waals surface area contributed by atoms with Crippen molar-refractivity contribution in [2.75, 3.05) is 13.2 Å². The third-order valence-corrected chi connectivity index (χ3v) is 6.17. The fourth-order valence-corrected chi connectivity index (χ4v) is 2.39. The molecule has 0 aliphatic carbocycles. The predicted octanol–water partition coefficient (Wildman–Crippen LogP) is 6.63. The molecule has 0 spiro atoms. The highest BCUT2D eigenvalue weighted by atomic mass is 16.7. The van der Waals surface area contributed by atoms with Crippen LogP contribution in [0.1, 0.15) is 104 Å². The van der Waals surface area contributed by atoms with Crippen molar-refractivity contribution < 1.29 is 23.6 Å². The second kappa shape index (κ2) is 10.7. The van der Waals surface area contributed by atoms with Gasteiger partial charge in [-0.1, -0.05) is 83.0 Å². The molecule has 0 aromatic carbocycles. The minimum absolute atomic E-state index is 0.0366. The molecule has 0 bridgehead atoms. The van der Waals surface area contributed by atoms with Crippen molar-refractivity contribution in [2.45, 2.75) is 138 Å². The lowest BCUT2D eigenvalue weighted by Gasteiger charge is -2.37. The Morgan fingerprint density at radius 2 is 0.938 bits per heavy atom. The van der Waals surface area contributed by atoms with Crippen LogP contribution in [0, 0.1) is 5.41 Å². The van der Waals surface area contributed by atoms with Gasteiger partial charge in [-0.3, -0.25) is 0 Å². The Labute approximate surface area is 201 Å². The summed E-state index contributed by atoms with van der Waals surface area (Å²) in [7, 11) is -0.136. The quantitative estimate of drug-likeness (QED) is 0.417. The van der Waals surface area contributed by atoms with E-state index in [-0.39, 0.29) is 53.7 Å². The molecule has 0 radical (unpaired) electrons. The van der Waals surface area contributed by atoms with Gasteiger partial charge >= 0.3 is 14.2 Å². The summed E-state index contributed by atoms with van der Waals surface area (Å²) in [5, 5.41) is 9.08. The lowest BCUT2D eigenvalue weighted by molar-refractivity contribution is 0.00578. The summed E-state index contributed by atoms with van der Waals surface area (Å²) in [5.41, 5.74) is -0.225. The van der Waals surface area contributed by atoms with E-state index in [9.17, 15) is 0 Å². The predicted molar refractivity (Wildman–Crippen MR) is 141 cm³/mol. The Balaban J connectivity index is 0.000000473. The molecule has 2 aliphatic heterocycles. The van der Waals surface area contributed by atoms with Gasteiger partial charge in [-0.15, -0.1) is 0 Å². The number of hydrogen-bond donors (Lipinski definition) is 1. The fourth-order valence-electron chi connectivity index (χ4n) is 2.39. The first-order valence-corrected chi connectivity index (χ1v) is 12.1. The van der Waals surface area contributed by atoms with Gasteiger partial charge in [-0.2, -0.15) is 0 Å². The van der Waals surface area contributed by atoms with Gasteiger partial charge in [0.25, 0.3) is 6.92 Å². The molecule has 0 unspecified atom stereocenters. The molecule has 1 N–H and O–H groups in total. The number of rotatable bonds is 0. The molecule has 0 amide bonds. The molecule has 0 aromatic rings. The summed E-state index contributed by atoms with van der Waals surface area (Å²) >= 11 is 0. The minimum Gasteiger partial charge on any atom is -0.450 e. The molecule has 8 heteroatoms. The van der Waals surface area contributed by atoms with Gasteiger partial charge in [0.15, 0.2) is 0 Å². The highest BCUT2D eigenvalue weighted by molar-refractivity contribution is 6.52. The largest absolute Gasteiger partial charge is 0.463 e. The maximum atomic E-state index is 8.89. The van der Waals surface area contributed by atoms with E-state index in [2.05, 4.69) is 83.1 Å². The van der Waals surface area contributed by atoms with E-state index in [1.165, 1.54) is 0 Å². The van der Waals surface area contributed by atoms with E-state index >= 15 is 0 Å². The van der Waals surface area contributed by atoms with Crippen molar-refractivity contribution in [1.29, 1.82) is 0 Å². The molecule has 2 fully saturated rings. The summed E-state index contributed by atoms with van der Waals surface area (Å²) < 4.78 is 23.1. The molecule has 0 saturated carbocycles. The molecule has 0 atom stereocenters. The zero-order chi connectivity index (χ0) is 26.0. The average molecular weight is 454 g/mol. The normalized spacial score (nSPS) is 22.4. The van der Waals surface area contributed by atoms with Crippen molar-refractivity contribution in [2.24, 2.45) is 5.41 Å². The zero-order valence-corrected chi connectivity index (χ0v) is 24.2. The third-order valence-electron chi connectivity index (χ3n) is 6.17. The third kappa shape index (κ3) is 10.5. The van der Waals surface area contributed by atoms with Gasteiger partial charge in [0.05, 0.1) is 11.2 Å². The van der Waals surface area contributed by atoms with Crippen LogP contribution in [0.3, 0.4) is 0 Å². The van der Waals surface area contributed by atoms with E-state index < -0.39 is 0 Å². The van der Waals surface area contributed by atoms with Gasteiger partial charge in [-0.25, -0.2) is 0 Å². The molecule has 188 valence electrons. The Morgan fingerprint density at radius 1 is 0.656 bits per heavy atom. The van der Waals surface area contributed by atoms with Crippen molar-refractivity contribution in [1.82, 2.24) is 0 Å². The van der Waals surface area contributed by atoms with E-state index in [0.717, 1.165) is 13.2 Å². The monoisotopic (exact) mass is 454 g/mol. The van der Waals surface area contributed by atoms with Crippen LogP contribution >= 0.6 is 0 Å². The van der Waals surface area contributed by atoms with Gasteiger partial charge in [-0.05, 0) is 43.6 Å². The van der Waals surface area contributed by atoms with Gasteiger partial charge in [0.2, 0.25) is 0 Å². The molecule has 2 heterocycles. The van der Waals surface area contributed by atoms with Crippen LogP contribution < -0.4 is 0 Å². The first-order valence-electron chi connectivity index (χ1n) is 12.1. The Bertz CT molecular complexity index is 544. The molecule has 2 aliphatic rings. The van der Waals surface area contributed by atoms with Crippen LogP contribution in [-0.2, 0) is 18.6 Å². The summed E-state index contributed by atoms with van der Waals surface area (Å²) in [6, 6.07) is 0. The average Bonchev–Trinajstić information content (AvgIpc) is 2.74. The highest BCUT2D eigenvalue weighted by Gasteiger charge is 2.55.